The monoisotopic (exact) mass is 982 g/mol. The van der Waals surface area contributed by atoms with Crippen LogP contribution < -0.4 is 20.7 Å². The first-order valence-corrected chi connectivity index (χ1v) is 28.4. The van der Waals surface area contributed by atoms with Gasteiger partial charge in [0.2, 0.25) is 0 Å². The van der Waals surface area contributed by atoms with Crippen LogP contribution in [0.3, 0.4) is 0 Å². The maximum atomic E-state index is 2.54. The van der Waals surface area contributed by atoms with E-state index >= 15 is 0 Å². The molecule has 1 aliphatic rings. The Kier molecular flexibility index (Phi) is 10.2. The number of para-hydroxylation sites is 3. The van der Waals surface area contributed by atoms with Crippen LogP contribution in [0, 0.1) is 0 Å². The number of fused-ring (bicyclic) bond motifs is 9. The third-order valence-electron chi connectivity index (χ3n) is 16.6. The molecule has 0 saturated carbocycles. The molecule has 0 spiro atoms. The van der Waals surface area contributed by atoms with Crippen molar-refractivity contribution >= 4 is 72.4 Å². The average molecular weight is 983 g/mol. The smallest absolute Gasteiger partial charge is 0.179 e. The lowest BCUT2D eigenvalue weighted by atomic mass is 9.66. The van der Waals surface area contributed by atoms with Gasteiger partial charge in [-0.25, -0.2) is 0 Å². The van der Waals surface area contributed by atoms with Crippen molar-refractivity contribution in [2.75, 3.05) is 0 Å². The van der Waals surface area contributed by atoms with E-state index in [1.807, 2.05) is 0 Å². The summed E-state index contributed by atoms with van der Waals surface area (Å²) in [5.41, 5.74) is 16.6. The zero-order valence-electron chi connectivity index (χ0n) is 41.8. The van der Waals surface area contributed by atoms with Crippen LogP contribution in [0.25, 0.3) is 77.2 Å². The fourth-order valence-electron chi connectivity index (χ4n) is 13.5. The molecule has 0 fully saturated rings. The second-order valence-corrected chi connectivity index (χ2v) is 24.1. The van der Waals surface area contributed by atoms with Crippen molar-refractivity contribution in [3.05, 3.63) is 326 Å². The zero-order valence-corrected chi connectivity index (χ0v) is 42.8. The van der Waals surface area contributed by atoms with Gasteiger partial charge in [0.15, 0.2) is 8.07 Å². The number of nitrogens with zero attached hydrogens (tertiary/aromatic N) is 2. The lowest BCUT2D eigenvalue weighted by Gasteiger charge is -2.35. The molecule has 12 aromatic carbocycles. The Hall–Kier alpha value is -9.54. The van der Waals surface area contributed by atoms with Crippen LogP contribution in [0.5, 0.6) is 0 Å². The van der Waals surface area contributed by atoms with Crippen molar-refractivity contribution in [3.63, 3.8) is 0 Å². The van der Waals surface area contributed by atoms with Crippen molar-refractivity contribution in [1.29, 1.82) is 0 Å². The van der Waals surface area contributed by atoms with Crippen LogP contribution in [0.4, 0.5) is 0 Å². The van der Waals surface area contributed by atoms with Gasteiger partial charge in [-0.2, -0.15) is 0 Å². The number of hydrogen-bond acceptors (Lipinski definition) is 0. The van der Waals surface area contributed by atoms with E-state index in [4.69, 9.17) is 0 Å². The molecular formula is C73H50N2Si. The van der Waals surface area contributed by atoms with Crippen LogP contribution >= 0.6 is 0 Å². The standard InChI is InChI=1S/C73H50N2Si/c1-6-24-51(25-7-1)73(52-26-8-2-9-27-52)67-41-19-16-34-59(67)62-37-22-38-63(71(62)73)65-40-23-39-64-60-35-17-21-43-69(60)75(72(64)65)54-46-49-70-66(50-54)61-36-18-20-42-68(61)74(70)53-44-47-58(48-45-53)76(55-28-10-3-11-29-55,56-30-12-4-13-31-56)57-32-14-5-15-33-57/h1-50H. The minimum absolute atomic E-state index is 0.558. The molecule has 14 aromatic rings. The highest BCUT2D eigenvalue weighted by Crippen LogP contribution is 2.59. The van der Waals surface area contributed by atoms with Gasteiger partial charge in [-0.1, -0.05) is 261 Å². The number of aromatic nitrogens is 2. The molecule has 0 atom stereocenters. The van der Waals surface area contributed by atoms with Gasteiger partial charge in [0.05, 0.1) is 27.5 Å². The Morgan fingerprint density at radius 1 is 0.263 bits per heavy atom. The fraction of sp³-hybridized carbons (Fsp3) is 0.0137. The van der Waals surface area contributed by atoms with E-state index in [0.29, 0.717) is 0 Å². The molecule has 0 aliphatic heterocycles. The third-order valence-corrected chi connectivity index (χ3v) is 21.3. The highest BCUT2D eigenvalue weighted by atomic mass is 28.3. The molecule has 2 nitrogen and oxygen atoms in total. The molecule has 0 unspecified atom stereocenters. The Balaban J connectivity index is 0.944. The Morgan fingerprint density at radius 3 is 1.28 bits per heavy atom. The molecule has 2 aromatic heterocycles. The van der Waals surface area contributed by atoms with Crippen molar-refractivity contribution in [2.45, 2.75) is 5.41 Å². The molecular weight excluding hydrogens is 933 g/mol. The van der Waals surface area contributed by atoms with Gasteiger partial charge in [-0.15, -0.1) is 0 Å². The van der Waals surface area contributed by atoms with Crippen molar-refractivity contribution < 1.29 is 0 Å². The number of benzene rings is 12. The van der Waals surface area contributed by atoms with Gasteiger partial charge in [0.1, 0.15) is 0 Å². The Bertz CT molecular complexity index is 4350. The molecule has 0 bridgehead atoms. The molecule has 15 rings (SSSR count). The maximum Gasteiger partial charge on any atom is 0.179 e. The zero-order chi connectivity index (χ0) is 50.2. The van der Waals surface area contributed by atoms with E-state index in [0.717, 1.165) is 11.4 Å². The molecule has 0 N–H and O–H groups in total. The average Bonchev–Trinajstić information content (AvgIpc) is 4.14. The normalized spacial score (nSPS) is 12.8. The van der Waals surface area contributed by atoms with Crippen molar-refractivity contribution in [1.82, 2.24) is 9.13 Å². The first-order valence-electron chi connectivity index (χ1n) is 26.4. The summed E-state index contributed by atoms with van der Waals surface area (Å²) in [6, 6.07) is 113. The van der Waals surface area contributed by atoms with E-state index in [1.54, 1.807) is 0 Å². The van der Waals surface area contributed by atoms with E-state index in [-0.39, 0.29) is 0 Å². The van der Waals surface area contributed by atoms with Crippen LogP contribution in [0.15, 0.2) is 303 Å². The first-order chi connectivity index (χ1) is 37.7. The van der Waals surface area contributed by atoms with Gasteiger partial charge in [-0.3, -0.25) is 0 Å². The predicted octanol–water partition coefficient (Wildman–Crippen LogP) is 15.3. The van der Waals surface area contributed by atoms with Gasteiger partial charge >= 0.3 is 0 Å². The summed E-state index contributed by atoms with van der Waals surface area (Å²) in [5, 5.41) is 10.4. The molecule has 1 aliphatic carbocycles. The minimum atomic E-state index is -2.71. The maximum absolute atomic E-state index is 2.71. The number of rotatable bonds is 9. The molecule has 76 heavy (non-hydrogen) atoms. The summed E-state index contributed by atoms with van der Waals surface area (Å²) < 4.78 is 5.00. The van der Waals surface area contributed by atoms with Crippen LogP contribution in [-0.2, 0) is 5.41 Å². The molecule has 0 radical (unpaired) electrons. The Labute approximate surface area is 443 Å². The van der Waals surface area contributed by atoms with E-state index in [1.165, 1.54) is 109 Å². The predicted molar refractivity (Wildman–Crippen MR) is 321 cm³/mol. The quantitative estimate of drug-likeness (QED) is 0.101. The van der Waals surface area contributed by atoms with Gasteiger partial charge in [0.25, 0.3) is 0 Å². The number of hydrogen-bond donors (Lipinski definition) is 0. The van der Waals surface area contributed by atoms with Gasteiger partial charge in [-0.05, 0) is 102 Å². The molecule has 356 valence electrons. The highest BCUT2D eigenvalue weighted by molar-refractivity contribution is 7.19. The lowest BCUT2D eigenvalue weighted by molar-refractivity contribution is 0.770. The second kappa shape index (κ2) is 17.6. The third kappa shape index (κ3) is 6.33. The molecule has 2 heterocycles. The molecule has 3 heteroatoms. The first kappa shape index (κ1) is 44.0. The summed E-state index contributed by atoms with van der Waals surface area (Å²) in [7, 11) is -2.71. The molecule has 0 amide bonds. The summed E-state index contributed by atoms with van der Waals surface area (Å²) in [6.45, 7) is 0. The Morgan fingerprint density at radius 2 is 0.671 bits per heavy atom. The van der Waals surface area contributed by atoms with E-state index < -0.39 is 13.5 Å². The van der Waals surface area contributed by atoms with Gasteiger partial charge < -0.3 is 9.13 Å². The highest BCUT2D eigenvalue weighted by Gasteiger charge is 2.48. The van der Waals surface area contributed by atoms with E-state index in [9.17, 15) is 0 Å². The van der Waals surface area contributed by atoms with Crippen LogP contribution in [0.1, 0.15) is 22.3 Å². The lowest BCUT2D eigenvalue weighted by Crippen LogP contribution is -2.74. The van der Waals surface area contributed by atoms with Crippen LogP contribution in [-0.4, -0.2) is 17.2 Å². The summed E-state index contributed by atoms with van der Waals surface area (Å²) >= 11 is 0. The fourth-order valence-corrected chi connectivity index (χ4v) is 18.3. The van der Waals surface area contributed by atoms with Crippen molar-refractivity contribution in [3.8, 4) is 33.6 Å². The van der Waals surface area contributed by atoms with Crippen molar-refractivity contribution in [2.24, 2.45) is 0 Å². The minimum Gasteiger partial charge on any atom is -0.309 e. The van der Waals surface area contributed by atoms with Crippen LogP contribution in [0.2, 0.25) is 0 Å². The summed E-state index contributed by atoms with van der Waals surface area (Å²) in [4.78, 5) is 0. The van der Waals surface area contributed by atoms with Gasteiger partial charge in [0, 0.05) is 38.5 Å². The second-order valence-electron chi connectivity index (χ2n) is 20.3. The van der Waals surface area contributed by atoms with E-state index in [2.05, 4.69) is 312 Å². The largest absolute Gasteiger partial charge is 0.309 e. The summed E-state index contributed by atoms with van der Waals surface area (Å²) in [5.74, 6) is 0. The SMILES string of the molecule is c1ccc(C2(c3ccccc3)c3ccccc3-c3cccc(-c4cccc5c6ccccc6n(-c6ccc7c(c6)c6ccccc6n7-c6ccc([Si](c7ccccc7)(c7ccccc7)c7ccccc7)cc6)c45)c32)cc1. The summed E-state index contributed by atoms with van der Waals surface area (Å²) in [6.07, 6.45) is 0. The molecule has 0 saturated heterocycles. The topological polar surface area (TPSA) is 9.86 Å².